The van der Waals surface area contributed by atoms with Crippen molar-refractivity contribution in [1.29, 1.82) is 0 Å². The summed E-state index contributed by atoms with van der Waals surface area (Å²) in [5.41, 5.74) is 6.68. The Labute approximate surface area is 112 Å². The number of halogens is 1. The second-order valence-electron chi connectivity index (χ2n) is 4.58. The molecule has 0 radical (unpaired) electrons. The van der Waals surface area contributed by atoms with Crippen LogP contribution >= 0.6 is 15.9 Å². The van der Waals surface area contributed by atoms with Gasteiger partial charge in [-0.15, -0.1) is 0 Å². The molecular weight excluding hydrogens is 272 g/mol. The lowest BCUT2D eigenvalue weighted by molar-refractivity contribution is 1.11. The molecule has 2 rings (SSSR count). The highest BCUT2D eigenvalue weighted by Gasteiger charge is 2.14. The van der Waals surface area contributed by atoms with Crippen molar-refractivity contribution in [1.82, 2.24) is 0 Å². The van der Waals surface area contributed by atoms with E-state index in [9.17, 15) is 0 Å². The second-order valence-corrected chi connectivity index (χ2v) is 5.49. The smallest absolute Gasteiger partial charge is 0.0649 e. The summed E-state index contributed by atoms with van der Waals surface area (Å²) in [4.78, 5) is 0.282. The Morgan fingerprint density at radius 1 is 0.824 bits per heavy atom. The van der Waals surface area contributed by atoms with Crippen LogP contribution in [0.15, 0.2) is 42.5 Å². The van der Waals surface area contributed by atoms with E-state index in [0.717, 1.165) is 0 Å². The van der Waals surface area contributed by atoms with Crippen molar-refractivity contribution in [3.8, 4) is 0 Å². The van der Waals surface area contributed by atoms with Gasteiger partial charge in [-0.3, -0.25) is 0 Å². The minimum atomic E-state index is 0.282. The molecule has 0 aliphatic heterocycles. The number of hydrogen-bond donors (Lipinski definition) is 0. The number of alkyl halides is 1. The van der Waals surface area contributed by atoms with Gasteiger partial charge < -0.3 is 0 Å². The van der Waals surface area contributed by atoms with Gasteiger partial charge in [0, 0.05) is 0 Å². The molecule has 0 spiro atoms. The van der Waals surface area contributed by atoms with E-state index in [4.69, 9.17) is 0 Å². The number of aryl methyl sites for hydroxylation is 3. The molecule has 0 bridgehead atoms. The fourth-order valence-corrected chi connectivity index (χ4v) is 3.16. The van der Waals surface area contributed by atoms with Crippen LogP contribution in [-0.2, 0) is 0 Å². The lowest BCUT2D eigenvalue weighted by Gasteiger charge is -2.16. The summed E-state index contributed by atoms with van der Waals surface area (Å²) in [7, 11) is 0. The maximum absolute atomic E-state index is 3.82. The highest BCUT2D eigenvalue weighted by molar-refractivity contribution is 9.09. The molecule has 1 atom stereocenters. The SMILES string of the molecule is Cc1ccc(C(Br)c2c(C)cccc2C)cc1. The van der Waals surface area contributed by atoms with Gasteiger partial charge >= 0.3 is 0 Å². The van der Waals surface area contributed by atoms with Gasteiger partial charge in [-0.05, 0) is 43.0 Å². The molecular formula is C16H17Br. The van der Waals surface area contributed by atoms with E-state index in [0.29, 0.717) is 0 Å². The van der Waals surface area contributed by atoms with Gasteiger partial charge in [-0.1, -0.05) is 64.0 Å². The molecule has 1 heteroatoms. The molecule has 17 heavy (non-hydrogen) atoms. The highest BCUT2D eigenvalue weighted by atomic mass is 79.9. The monoisotopic (exact) mass is 288 g/mol. The van der Waals surface area contributed by atoms with E-state index in [2.05, 4.69) is 79.2 Å². The Balaban J connectivity index is 2.43. The summed E-state index contributed by atoms with van der Waals surface area (Å²) in [6.07, 6.45) is 0. The molecule has 0 fully saturated rings. The van der Waals surface area contributed by atoms with Gasteiger partial charge in [-0.2, -0.15) is 0 Å². The summed E-state index contributed by atoms with van der Waals surface area (Å²) >= 11 is 3.82. The first-order chi connectivity index (χ1) is 8.09. The lowest BCUT2D eigenvalue weighted by atomic mass is 9.96. The first-order valence-electron chi connectivity index (χ1n) is 5.86. The molecule has 2 aromatic rings. The fraction of sp³-hybridized carbons (Fsp3) is 0.250. The fourth-order valence-electron chi connectivity index (χ4n) is 2.13. The van der Waals surface area contributed by atoms with E-state index >= 15 is 0 Å². The number of benzene rings is 2. The lowest BCUT2D eigenvalue weighted by Crippen LogP contribution is -1.98. The zero-order valence-electron chi connectivity index (χ0n) is 10.5. The first kappa shape index (κ1) is 12.4. The average Bonchev–Trinajstić information content (AvgIpc) is 2.29. The van der Waals surface area contributed by atoms with E-state index in [1.165, 1.54) is 27.8 Å². The molecule has 0 aliphatic rings. The third kappa shape index (κ3) is 2.61. The normalized spacial score (nSPS) is 12.5. The number of rotatable bonds is 2. The van der Waals surface area contributed by atoms with Crippen LogP contribution in [0.2, 0.25) is 0 Å². The maximum atomic E-state index is 3.82. The van der Waals surface area contributed by atoms with Gasteiger partial charge in [0.2, 0.25) is 0 Å². The summed E-state index contributed by atoms with van der Waals surface area (Å²) < 4.78 is 0. The van der Waals surface area contributed by atoms with Crippen LogP contribution in [0.3, 0.4) is 0 Å². The Bertz CT molecular complexity index is 491. The van der Waals surface area contributed by atoms with E-state index < -0.39 is 0 Å². The Kier molecular flexibility index (Phi) is 3.68. The van der Waals surface area contributed by atoms with Crippen LogP contribution in [0, 0.1) is 20.8 Å². The average molecular weight is 289 g/mol. The summed E-state index contributed by atoms with van der Waals surface area (Å²) in [5, 5.41) is 0. The first-order valence-corrected chi connectivity index (χ1v) is 6.78. The van der Waals surface area contributed by atoms with Crippen LogP contribution in [-0.4, -0.2) is 0 Å². The minimum absolute atomic E-state index is 0.282. The number of hydrogen-bond acceptors (Lipinski definition) is 0. The molecule has 88 valence electrons. The van der Waals surface area contributed by atoms with Crippen molar-refractivity contribution in [2.45, 2.75) is 25.6 Å². The molecule has 0 saturated carbocycles. The zero-order chi connectivity index (χ0) is 12.4. The summed E-state index contributed by atoms with van der Waals surface area (Å²) in [6.45, 7) is 6.46. The van der Waals surface area contributed by atoms with Crippen LogP contribution < -0.4 is 0 Å². The van der Waals surface area contributed by atoms with E-state index in [-0.39, 0.29) is 4.83 Å². The maximum Gasteiger partial charge on any atom is 0.0649 e. The quantitative estimate of drug-likeness (QED) is 0.675. The molecule has 2 aromatic carbocycles. The summed E-state index contributed by atoms with van der Waals surface area (Å²) in [5.74, 6) is 0. The molecule has 0 aliphatic carbocycles. The Morgan fingerprint density at radius 3 is 1.88 bits per heavy atom. The Hall–Kier alpha value is -1.08. The van der Waals surface area contributed by atoms with Crippen LogP contribution in [0.25, 0.3) is 0 Å². The predicted octanol–water partition coefficient (Wildman–Crippen LogP) is 5.10. The predicted molar refractivity (Wildman–Crippen MR) is 77.9 cm³/mol. The van der Waals surface area contributed by atoms with Gasteiger partial charge in [0.1, 0.15) is 0 Å². The van der Waals surface area contributed by atoms with E-state index in [1.807, 2.05) is 0 Å². The molecule has 0 N–H and O–H groups in total. The van der Waals surface area contributed by atoms with Crippen molar-refractivity contribution in [3.63, 3.8) is 0 Å². The topological polar surface area (TPSA) is 0 Å². The van der Waals surface area contributed by atoms with E-state index in [1.54, 1.807) is 0 Å². The van der Waals surface area contributed by atoms with Crippen LogP contribution in [0.4, 0.5) is 0 Å². The van der Waals surface area contributed by atoms with Gasteiger partial charge in [0.25, 0.3) is 0 Å². The second kappa shape index (κ2) is 5.05. The van der Waals surface area contributed by atoms with Gasteiger partial charge in [0.05, 0.1) is 4.83 Å². The summed E-state index contributed by atoms with van der Waals surface area (Å²) in [6, 6.07) is 15.2. The molecule has 1 unspecified atom stereocenters. The zero-order valence-corrected chi connectivity index (χ0v) is 12.1. The largest absolute Gasteiger partial charge is 0.0786 e. The highest BCUT2D eigenvalue weighted by Crippen LogP contribution is 2.34. The van der Waals surface area contributed by atoms with Crippen LogP contribution in [0.5, 0.6) is 0 Å². The third-order valence-electron chi connectivity index (χ3n) is 3.17. The van der Waals surface area contributed by atoms with Crippen LogP contribution in [0.1, 0.15) is 32.6 Å². The molecule has 0 amide bonds. The van der Waals surface area contributed by atoms with Gasteiger partial charge in [-0.25, -0.2) is 0 Å². The minimum Gasteiger partial charge on any atom is -0.0786 e. The molecule has 0 saturated heterocycles. The third-order valence-corrected chi connectivity index (χ3v) is 4.15. The van der Waals surface area contributed by atoms with Crippen molar-refractivity contribution in [3.05, 3.63) is 70.3 Å². The van der Waals surface area contributed by atoms with Gasteiger partial charge in [0.15, 0.2) is 0 Å². The molecule has 0 aromatic heterocycles. The van der Waals surface area contributed by atoms with Crippen molar-refractivity contribution >= 4 is 15.9 Å². The Morgan fingerprint density at radius 2 is 1.35 bits per heavy atom. The molecule has 0 nitrogen and oxygen atoms in total. The molecule has 0 heterocycles. The van der Waals surface area contributed by atoms with Crippen molar-refractivity contribution in [2.75, 3.05) is 0 Å². The van der Waals surface area contributed by atoms with Crippen molar-refractivity contribution in [2.24, 2.45) is 0 Å². The van der Waals surface area contributed by atoms with Crippen molar-refractivity contribution < 1.29 is 0 Å². The standard InChI is InChI=1S/C16H17Br/c1-11-7-9-14(10-8-11)16(17)15-12(2)5-4-6-13(15)3/h4-10,16H,1-3H3.